The van der Waals surface area contributed by atoms with E-state index in [0.717, 1.165) is 35.8 Å². The van der Waals surface area contributed by atoms with Gasteiger partial charge >= 0.3 is 0 Å². The minimum atomic E-state index is 0.00626. The molecule has 0 spiro atoms. The molecule has 26 heavy (non-hydrogen) atoms. The Hall–Kier alpha value is -2.56. The lowest BCUT2D eigenvalue weighted by Crippen LogP contribution is -2.26. The van der Waals surface area contributed by atoms with Gasteiger partial charge in [0.05, 0.1) is 13.5 Å². The number of benzene rings is 1. The molecule has 0 saturated carbocycles. The molecule has 0 atom stereocenters. The Morgan fingerprint density at radius 2 is 1.73 bits per heavy atom. The maximum Gasteiger partial charge on any atom is 0.224 e. The summed E-state index contributed by atoms with van der Waals surface area (Å²) in [5.74, 6) is 1.84. The van der Waals surface area contributed by atoms with Gasteiger partial charge in [-0.1, -0.05) is 31.0 Å². The minimum absolute atomic E-state index is 0.00626. The number of hydrogen-bond donors (Lipinski definition) is 1. The van der Waals surface area contributed by atoms with Crippen LogP contribution in [0.1, 0.15) is 36.8 Å². The van der Waals surface area contributed by atoms with Crippen LogP contribution in [-0.2, 0) is 17.8 Å². The third-order valence-corrected chi connectivity index (χ3v) is 4.75. The summed E-state index contributed by atoms with van der Waals surface area (Å²) >= 11 is 0. The number of anilines is 1. The van der Waals surface area contributed by atoms with Crippen molar-refractivity contribution in [1.29, 1.82) is 0 Å². The number of rotatable bonds is 6. The smallest absolute Gasteiger partial charge is 0.224 e. The first kappa shape index (κ1) is 18.2. The number of amides is 1. The second kappa shape index (κ2) is 9.22. The van der Waals surface area contributed by atoms with Crippen LogP contribution in [0.3, 0.4) is 0 Å². The van der Waals surface area contributed by atoms with Crippen molar-refractivity contribution in [3.05, 3.63) is 53.7 Å². The molecule has 2 heterocycles. The zero-order chi connectivity index (χ0) is 18.2. The van der Waals surface area contributed by atoms with Crippen molar-refractivity contribution in [3.8, 4) is 5.75 Å². The topological polar surface area (TPSA) is 54.5 Å². The Balaban J connectivity index is 1.48. The predicted octanol–water partition coefficient (Wildman–Crippen LogP) is 3.33. The summed E-state index contributed by atoms with van der Waals surface area (Å²) in [5, 5.41) is 2.96. The minimum Gasteiger partial charge on any atom is -0.497 e. The van der Waals surface area contributed by atoms with Crippen LogP contribution in [0.4, 0.5) is 5.82 Å². The highest BCUT2D eigenvalue weighted by Crippen LogP contribution is 2.17. The molecule has 1 amide bonds. The standard InChI is InChI=1S/C21H27N3O2/c1-26-19-9-6-17(7-10-19)14-21(25)23-16-18-8-11-20(22-15-18)24-12-4-2-3-5-13-24/h6-11,15H,2-5,12-14,16H2,1H3,(H,23,25). The third-order valence-electron chi connectivity index (χ3n) is 4.75. The molecule has 1 aliphatic heterocycles. The molecule has 5 heteroatoms. The van der Waals surface area contributed by atoms with E-state index in [-0.39, 0.29) is 5.91 Å². The molecule has 1 aromatic carbocycles. The molecular formula is C21H27N3O2. The van der Waals surface area contributed by atoms with Crippen LogP contribution < -0.4 is 15.0 Å². The number of ether oxygens (including phenoxy) is 1. The molecule has 0 unspecified atom stereocenters. The van der Waals surface area contributed by atoms with Crippen molar-refractivity contribution in [3.63, 3.8) is 0 Å². The molecule has 1 saturated heterocycles. The zero-order valence-electron chi connectivity index (χ0n) is 15.4. The summed E-state index contributed by atoms with van der Waals surface area (Å²) < 4.78 is 5.13. The van der Waals surface area contributed by atoms with Gasteiger partial charge in [-0.25, -0.2) is 4.98 Å². The van der Waals surface area contributed by atoms with Gasteiger partial charge in [0, 0.05) is 25.8 Å². The number of nitrogens with one attached hydrogen (secondary N) is 1. The Bertz CT molecular complexity index is 690. The molecule has 0 aliphatic carbocycles. The third kappa shape index (κ3) is 5.22. The van der Waals surface area contributed by atoms with Gasteiger partial charge in [0.25, 0.3) is 0 Å². The number of carbonyl (C=O) groups excluding carboxylic acids is 1. The van der Waals surface area contributed by atoms with E-state index in [1.54, 1.807) is 7.11 Å². The number of methoxy groups -OCH3 is 1. The van der Waals surface area contributed by atoms with E-state index in [9.17, 15) is 4.79 Å². The fourth-order valence-corrected chi connectivity index (χ4v) is 3.20. The van der Waals surface area contributed by atoms with Crippen LogP contribution >= 0.6 is 0 Å². The Morgan fingerprint density at radius 3 is 2.35 bits per heavy atom. The molecular weight excluding hydrogens is 326 g/mol. The Kier molecular flexibility index (Phi) is 6.47. The summed E-state index contributed by atoms with van der Waals surface area (Å²) in [7, 11) is 1.63. The van der Waals surface area contributed by atoms with Gasteiger partial charge in [-0.05, 0) is 42.2 Å². The van der Waals surface area contributed by atoms with Crippen molar-refractivity contribution >= 4 is 11.7 Å². The van der Waals surface area contributed by atoms with E-state index in [4.69, 9.17) is 4.74 Å². The molecule has 1 aliphatic rings. The molecule has 1 N–H and O–H groups in total. The van der Waals surface area contributed by atoms with Gasteiger partial charge in [0.2, 0.25) is 5.91 Å². The first-order chi connectivity index (χ1) is 12.7. The van der Waals surface area contributed by atoms with Crippen molar-refractivity contribution in [2.45, 2.75) is 38.6 Å². The highest BCUT2D eigenvalue weighted by Gasteiger charge is 2.11. The van der Waals surface area contributed by atoms with Gasteiger partial charge in [-0.2, -0.15) is 0 Å². The molecule has 138 valence electrons. The van der Waals surface area contributed by atoms with Crippen LogP contribution in [0, 0.1) is 0 Å². The number of hydrogen-bond acceptors (Lipinski definition) is 4. The SMILES string of the molecule is COc1ccc(CC(=O)NCc2ccc(N3CCCCCC3)nc2)cc1. The van der Waals surface area contributed by atoms with Crippen LogP contribution in [-0.4, -0.2) is 31.1 Å². The molecule has 0 radical (unpaired) electrons. The fraction of sp³-hybridized carbons (Fsp3) is 0.429. The van der Waals surface area contributed by atoms with Crippen LogP contribution in [0.2, 0.25) is 0 Å². The van der Waals surface area contributed by atoms with Crippen LogP contribution in [0.5, 0.6) is 5.75 Å². The van der Waals surface area contributed by atoms with Crippen LogP contribution in [0.25, 0.3) is 0 Å². The Morgan fingerprint density at radius 1 is 1.04 bits per heavy atom. The van der Waals surface area contributed by atoms with E-state index in [0.29, 0.717) is 13.0 Å². The average molecular weight is 353 g/mol. The van der Waals surface area contributed by atoms with Gasteiger partial charge < -0.3 is 15.0 Å². The second-order valence-electron chi connectivity index (χ2n) is 6.73. The molecule has 2 aromatic rings. The lowest BCUT2D eigenvalue weighted by atomic mass is 10.1. The number of carbonyl (C=O) groups is 1. The first-order valence-electron chi connectivity index (χ1n) is 9.34. The largest absolute Gasteiger partial charge is 0.497 e. The maximum absolute atomic E-state index is 12.1. The van der Waals surface area contributed by atoms with Crippen molar-refractivity contribution in [1.82, 2.24) is 10.3 Å². The van der Waals surface area contributed by atoms with Gasteiger partial charge in [0.1, 0.15) is 11.6 Å². The van der Waals surface area contributed by atoms with Gasteiger partial charge in [0.15, 0.2) is 0 Å². The summed E-state index contributed by atoms with van der Waals surface area (Å²) in [4.78, 5) is 19.1. The summed E-state index contributed by atoms with van der Waals surface area (Å²) in [5.41, 5.74) is 1.99. The summed E-state index contributed by atoms with van der Waals surface area (Å²) in [6, 6.07) is 11.7. The van der Waals surface area contributed by atoms with Crippen molar-refractivity contribution < 1.29 is 9.53 Å². The number of aromatic nitrogens is 1. The van der Waals surface area contributed by atoms with Crippen LogP contribution in [0.15, 0.2) is 42.6 Å². The zero-order valence-corrected chi connectivity index (χ0v) is 15.4. The number of pyridine rings is 1. The van der Waals surface area contributed by atoms with Crippen molar-refractivity contribution in [2.24, 2.45) is 0 Å². The fourth-order valence-electron chi connectivity index (χ4n) is 3.20. The van der Waals surface area contributed by atoms with E-state index >= 15 is 0 Å². The summed E-state index contributed by atoms with van der Waals surface area (Å²) in [6.45, 7) is 2.68. The molecule has 0 bridgehead atoms. The quantitative estimate of drug-likeness (QED) is 0.865. The maximum atomic E-state index is 12.1. The second-order valence-corrected chi connectivity index (χ2v) is 6.73. The number of nitrogens with zero attached hydrogens (tertiary/aromatic N) is 2. The molecule has 1 fully saturated rings. The highest BCUT2D eigenvalue weighted by molar-refractivity contribution is 5.78. The van der Waals surface area contributed by atoms with Crippen molar-refractivity contribution in [2.75, 3.05) is 25.1 Å². The predicted molar refractivity (Wildman–Crippen MR) is 103 cm³/mol. The van der Waals surface area contributed by atoms with Gasteiger partial charge in [-0.15, -0.1) is 0 Å². The van der Waals surface area contributed by atoms with Gasteiger partial charge in [-0.3, -0.25) is 4.79 Å². The Labute approximate surface area is 155 Å². The molecule has 1 aromatic heterocycles. The van der Waals surface area contributed by atoms with E-state index in [1.165, 1.54) is 25.7 Å². The lowest BCUT2D eigenvalue weighted by molar-refractivity contribution is -0.120. The van der Waals surface area contributed by atoms with E-state index in [2.05, 4.69) is 27.3 Å². The molecule has 3 rings (SSSR count). The highest BCUT2D eigenvalue weighted by atomic mass is 16.5. The normalized spacial score (nSPS) is 14.6. The van der Waals surface area contributed by atoms with E-state index in [1.807, 2.05) is 30.5 Å². The monoisotopic (exact) mass is 353 g/mol. The summed E-state index contributed by atoms with van der Waals surface area (Å²) in [6.07, 6.45) is 7.34. The molecule has 5 nitrogen and oxygen atoms in total. The average Bonchev–Trinajstić information content (AvgIpc) is 2.97. The lowest BCUT2D eigenvalue weighted by Gasteiger charge is -2.21. The van der Waals surface area contributed by atoms with E-state index < -0.39 is 0 Å². The first-order valence-corrected chi connectivity index (χ1v) is 9.34.